The molecule has 39 heavy (non-hydrogen) atoms. The Bertz CT molecular complexity index is 1400. The average molecular weight is 567 g/mol. The van der Waals surface area contributed by atoms with E-state index < -0.39 is 47.7 Å². The first-order valence-corrected chi connectivity index (χ1v) is 12.9. The number of amides is 1. The number of thiazole rings is 1. The molecule has 1 unspecified atom stereocenters. The van der Waals surface area contributed by atoms with Crippen molar-refractivity contribution in [2.75, 3.05) is 13.1 Å². The quantitative estimate of drug-likeness (QED) is 0.205. The third-order valence-electron chi connectivity index (χ3n) is 6.73. The van der Waals surface area contributed by atoms with Crippen molar-refractivity contribution >= 4 is 28.6 Å². The topological polar surface area (TPSA) is 116 Å². The van der Waals surface area contributed by atoms with E-state index in [0.29, 0.717) is 60.1 Å². The third-order valence-corrected chi connectivity index (χ3v) is 7.73. The molecule has 1 saturated heterocycles. The maximum absolute atomic E-state index is 13.2. The number of likely N-dealkylation sites (tertiary alicyclic amines) is 1. The number of piperidine rings is 1. The van der Waals surface area contributed by atoms with E-state index in [1.165, 1.54) is 22.3 Å². The molecule has 3 aromatic rings. The molecule has 2 aliphatic heterocycles. The number of oxime groups is 1. The van der Waals surface area contributed by atoms with Gasteiger partial charge in [0.05, 0.1) is 21.2 Å². The highest BCUT2D eigenvalue weighted by atomic mass is 32.1. The molecular weight excluding hydrogens is 544 g/mol. The van der Waals surface area contributed by atoms with E-state index in [4.69, 9.17) is 9.82 Å². The zero-order valence-electron chi connectivity index (χ0n) is 20.3. The monoisotopic (exact) mass is 566 g/mol. The molecule has 2 aromatic heterocycles. The molecule has 0 saturated carbocycles. The smallest absolute Gasteiger partial charge is 0.282 e. The Morgan fingerprint density at radius 2 is 1.92 bits per heavy atom. The van der Waals surface area contributed by atoms with Gasteiger partial charge < -0.3 is 9.74 Å². The number of carbonyl (C=O) groups is 1. The highest BCUT2D eigenvalue weighted by Gasteiger charge is 2.32. The van der Waals surface area contributed by atoms with Crippen LogP contribution in [-0.2, 0) is 16.2 Å². The van der Waals surface area contributed by atoms with Crippen LogP contribution in [0.1, 0.15) is 71.8 Å². The molecule has 0 spiro atoms. The summed E-state index contributed by atoms with van der Waals surface area (Å²) in [5, 5.41) is 21.6. The number of benzene rings is 1. The van der Waals surface area contributed by atoms with E-state index in [1.807, 2.05) is 5.38 Å². The number of rotatable bonds is 8. The lowest BCUT2D eigenvalue weighted by Crippen LogP contribution is -2.40. The summed E-state index contributed by atoms with van der Waals surface area (Å²) in [6.07, 6.45) is -5.12. The summed E-state index contributed by atoms with van der Waals surface area (Å²) in [4.78, 5) is 35.3. The standard InChI is InChI=1S/C24H22F4N6O4S/c25-22(26)16-9-19(23(27)28)33(30-16)11-21(35)32-7-5-13(6-8-32)24-29-17(12-39-24)15-10-20(38-31-15)14-3-1-2-4-18(14)34(36)37/h1-4,9,12-13,20,22-23H,5-8,10-11H2. The van der Waals surface area contributed by atoms with Crippen molar-refractivity contribution in [3.05, 3.63) is 73.5 Å². The fourth-order valence-corrected chi connectivity index (χ4v) is 5.69. The predicted octanol–water partition coefficient (Wildman–Crippen LogP) is 5.39. The van der Waals surface area contributed by atoms with Crippen LogP contribution in [0.4, 0.5) is 23.2 Å². The Kier molecular flexibility index (Phi) is 7.59. The first-order valence-electron chi connectivity index (χ1n) is 12.0. The van der Waals surface area contributed by atoms with E-state index in [0.717, 1.165) is 5.01 Å². The van der Waals surface area contributed by atoms with Gasteiger partial charge in [-0.3, -0.25) is 19.6 Å². The van der Waals surface area contributed by atoms with Gasteiger partial charge in [0.1, 0.15) is 23.6 Å². The minimum atomic E-state index is -3.03. The molecule has 1 aromatic carbocycles. The van der Waals surface area contributed by atoms with Crippen molar-refractivity contribution in [2.24, 2.45) is 5.16 Å². The van der Waals surface area contributed by atoms with Crippen LogP contribution in [0.3, 0.4) is 0 Å². The number of halogens is 4. The van der Waals surface area contributed by atoms with Crippen LogP contribution >= 0.6 is 11.3 Å². The number of para-hydroxylation sites is 1. The number of alkyl halides is 4. The first kappa shape index (κ1) is 26.7. The van der Waals surface area contributed by atoms with Crippen molar-refractivity contribution in [3.63, 3.8) is 0 Å². The van der Waals surface area contributed by atoms with Crippen molar-refractivity contribution in [1.29, 1.82) is 0 Å². The number of nitro benzene ring substituents is 1. The van der Waals surface area contributed by atoms with Gasteiger partial charge in [-0.1, -0.05) is 17.3 Å². The molecule has 10 nitrogen and oxygen atoms in total. The first-order chi connectivity index (χ1) is 18.7. The average Bonchev–Trinajstić information content (AvgIpc) is 3.68. The minimum Gasteiger partial charge on any atom is -0.387 e. The molecule has 1 fully saturated rings. The van der Waals surface area contributed by atoms with E-state index in [-0.39, 0.29) is 11.6 Å². The van der Waals surface area contributed by atoms with Gasteiger partial charge in [-0.25, -0.2) is 22.5 Å². The Labute approximate surface area is 223 Å². The Morgan fingerprint density at radius 3 is 2.62 bits per heavy atom. The summed E-state index contributed by atoms with van der Waals surface area (Å²) in [6.45, 7) is 0.170. The molecule has 2 aliphatic rings. The van der Waals surface area contributed by atoms with Gasteiger partial charge in [-0.2, -0.15) is 5.10 Å². The SMILES string of the molecule is O=C(Cn1nc(C(F)F)cc1C(F)F)N1CCC(c2nc(C3=NOC(c4ccccc4[N+](=O)[O-])C3)cs2)CC1. The van der Waals surface area contributed by atoms with Crippen molar-refractivity contribution < 1.29 is 32.1 Å². The number of nitrogens with zero attached hydrogens (tertiary/aromatic N) is 6. The number of aromatic nitrogens is 3. The summed E-state index contributed by atoms with van der Waals surface area (Å²) in [6, 6.07) is 6.97. The number of carbonyl (C=O) groups excluding carboxylic acids is 1. The number of hydrogen-bond donors (Lipinski definition) is 0. The van der Waals surface area contributed by atoms with Crippen LogP contribution in [0.25, 0.3) is 0 Å². The second-order valence-corrected chi connectivity index (χ2v) is 10.0. The number of hydrogen-bond acceptors (Lipinski definition) is 8. The molecule has 15 heteroatoms. The second-order valence-electron chi connectivity index (χ2n) is 9.13. The van der Waals surface area contributed by atoms with Crippen LogP contribution < -0.4 is 0 Å². The Balaban J connectivity index is 1.18. The number of nitro groups is 1. The van der Waals surface area contributed by atoms with Crippen LogP contribution in [0.2, 0.25) is 0 Å². The zero-order valence-corrected chi connectivity index (χ0v) is 21.1. The second kappa shape index (κ2) is 11.1. The molecule has 1 amide bonds. The Hall–Kier alpha value is -3.88. The van der Waals surface area contributed by atoms with Crippen LogP contribution in [0.15, 0.2) is 40.9 Å². The van der Waals surface area contributed by atoms with Gasteiger partial charge in [0.25, 0.3) is 18.5 Å². The van der Waals surface area contributed by atoms with E-state index in [1.54, 1.807) is 18.2 Å². The van der Waals surface area contributed by atoms with Gasteiger partial charge in [-0.15, -0.1) is 11.3 Å². The molecule has 5 rings (SSSR count). The van der Waals surface area contributed by atoms with E-state index in [9.17, 15) is 32.5 Å². The fraction of sp³-hybridized carbons (Fsp3) is 0.417. The highest BCUT2D eigenvalue weighted by molar-refractivity contribution is 7.10. The molecule has 206 valence electrons. The van der Waals surface area contributed by atoms with Crippen molar-refractivity contribution in [2.45, 2.75) is 50.7 Å². The predicted molar refractivity (Wildman–Crippen MR) is 131 cm³/mol. The normalized spacial score (nSPS) is 18.1. The molecule has 1 atom stereocenters. The van der Waals surface area contributed by atoms with Gasteiger partial charge >= 0.3 is 0 Å². The van der Waals surface area contributed by atoms with E-state index in [2.05, 4.69) is 10.3 Å². The molecule has 0 N–H and O–H groups in total. The molecule has 0 radical (unpaired) electrons. The van der Waals surface area contributed by atoms with Crippen LogP contribution in [0.5, 0.6) is 0 Å². The summed E-state index contributed by atoms with van der Waals surface area (Å²) >= 11 is 1.44. The van der Waals surface area contributed by atoms with Gasteiger partial charge in [0.2, 0.25) is 5.91 Å². The molecular formula is C24H22F4N6O4S. The molecule has 0 aliphatic carbocycles. The zero-order chi connectivity index (χ0) is 27.7. The third kappa shape index (κ3) is 5.62. The maximum Gasteiger partial charge on any atom is 0.282 e. The van der Waals surface area contributed by atoms with Crippen molar-refractivity contribution in [3.8, 4) is 0 Å². The maximum atomic E-state index is 13.2. The lowest BCUT2D eigenvalue weighted by molar-refractivity contribution is -0.386. The van der Waals surface area contributed by atoms with Crippen LogP contribution in [-0.4, -0.2) is 49.3 Å². The largest absolute Gasteiger partial charge is 0.387 e. The summed E-state index contributed by atoms with van der Waals surface area (Å²) in [5.41, 5.74) is 0.114. The van der Waals surface area contributed by atoms with E-state index >= 15 is 0 Å². The summed E-state index contributed by atoms with van der Waals surface area (Å²) < 4.78 is 52.9. The molecule has 4 heterocycles. The van der Waals surface area contributed by atoms with Gasteiger partial charge in [0, 0.05) is 36.9 Å². The molecule has 0 bridgehead atoms. The Morgan fingerprint density at radius 1 is 1.18 bits per heavy atom. The fourth-order valence-electron chi connectivity index (χ4n) is 4.69. The lowest BCUT2D eigenvalue weighted by Gasteiger charge is -2.31. The highest BCUT2D eigenvalue weighted by Crippen LogP contribution is 2.36. The van der Waals surface area contributed by atoms with Gasteiger partial charge in [0.15, 0.2) is 6.10 Å². The van der Waals surface area contributed by atoms with Crippen molar-refractivity contribution in [1.82, 2.24) is 19.7 Å². The van der Waals surface area contributed by atoms with Crippen LogP contribution in [0, 0.1) is 10.1 Å². The summed E-state index contributed by atoms with van der Waals surface area (Å²) in [7, 11) is 0. The summed E-state index contributed by atoms with van der Waals surface area (Å²) in [5.74, 6) is -0.411. The van der Waals surface area contributed by atoms with Gasteiger partial charge in [-0.05, 0) is 25.0 Å². The lowest BCUT2D eigenvalue weighted by atomic mass is 9.97. The minimum absolute atomic E-state index is 0.0355.